The highest BCUT2D eigenvalue weighted by atomic mass is 35.5. The maximum atomic E-state index is 13.4. The zero-order chi connectivity index (χ0) is 16.0. The number of nitrogens with zero attached hydrogens (tertiary/aromatic N) is 3. The number of hydrogen-bond donors (Lipinski definition) is 1. The van der Waals surface area contributed by atoms with E-state index in [1.165, 1.54) is 17.3 Å². The second kappa shape index (κ2) is 7.51. The van der Waals surface area contributed by atoms with E-state index in [2.05, 4.69) is 10.1 Å². The molecule has 0 radical (unpaired) electrons. The van der Waals surface area contributed by atoms with Crippen LogP contribution < -0.4 is 4.74 Å². The fraction of sp³-hybridized carbons (Fsp3) is 0.429. The zero-order valence-electron chi connectivity index (χ0n) is 11.7. The van der Waals surface area contributed by atoms with E-state index in [1.807, 2.05) is 0 Å². The van der Waals surface area contributed by atoms with Crippen molar-refractivity contribution in [1.82, 2.24) is 14.8 Å². The van der Waals surface area contributed by atoms with Crippen molar-refractivity contribution in [2.45, 2.75) is 12.6 Å². The van der Waals surface area contributed by atoms with Crippen LogP contribution in [0.15, 0.2) is 36.9 Å². The van der Waals surface area contributed by atoms with Gasteiger partial charge >= 0.3 is 0 Å². The molecule has 1 unspecified atom stereocenters. The lowest BCUT2D eigenvalue weighted by atomic mass is 9.85. The van der Waals surface area contributed by atoms with Crippen LogP contribution in [0.4, 0.5) is 8.78 Å². The predicted molar refractivity (Wildman–Crippen MR) is 77.4 cm³/mol. The first-order valence-corrected chi connectivity index (χ1v) is 6.98. The van der Waals surface area contributed by atoms with Gasteiger partial charge in [-0.1, -0.05) is 11.6 Å². The van der Waals surface area contributed by atoms with E-state index < -0.39 is 24.9 Å². The third-order valence-electron chi connectivity index (χ3n) is 3.41. The van der Waals surface area contributed by atoms with Crippen LogP contribution in [-0.2, 0) is 6.54 Å². The van der Waals surface area contributed by atoms with E-state index in [0.717, 1.165) is 0 Å². The fourth-order valence-corrected chi connectivity index (χ4v) is 1.97. The van der Waals surface area contributed by atoms with E-state index >= 15 is 0 Å². The standard InChI is InChI=1S/C14H16ClF2N3O2/c15-11-1-3-12(4-2-11)22-8-14(6-16,7-17)13(21)5-20-10-18-9-19-20/h1-4,9-10,13,21H,5-8H2. The largest absolute Gasteiger partial charge is 0.493 e. The van der Waals surface area contributed by atoms with Crippen molar-refractivity contribution in [3.8, 4) is 5.75 Å². The van der Waals surface area contributed by atoms with E-state index in [0.29, 0.717) is 10.8 Å². The van der Waals surface area contributed by atoms with Gasteiger partial charge in [0, 0.05) is 5.02 Å². The third kappa shape index (κ3) is 3.92. The van der Waals surface area contributed by atoms with Gasteiger partial charge in [-0.25, -0.2) is 4.98 Å². The Kier molecular flexibility index (Phi) is 5.68. The summed E-state index contributed by atoms with van der Waals surface area (Å²) < 4.78 is 33.5. The number of ether oxygens (including phenoxy) is 1. The molecular weight excluding hydrogens is 316 g/mol. The van der Waals surface area contributed by atoms with Crippen LogP contribution in [0.25, 0.3) is 0 Å². The zero-order valence-corrected chi connectivity index (χ0v) is 12.5. The number of aliphatic hydroxyl groups excluding tert-OH is 1. The van der Waals surface area contributed by atoms with Crippen molar-refractivity contribution in [3.05, 3.63) is 41.9 Å². The van der Waals surface area contributed by atoms with Gasteiger partial charge < -0.3 is 9.84 Å². The number of benzene rings is 1. The summed E-state index contributed by atoms with van der Waals surface area (Å²) in [7, 11) is 0. The fourth-order valence-electron chi connectivity index (χ4n) is 1.84. The summed E-state index contributed by atoms with van der Waals surface area (Å²) >= 11 is 5.76. The molecule has 22 heavy (non-hydrogen) atoms. The number of rotatable bonds is 8. The summed E-state index contributed by atoms with van der Waals surface area (Å²) in [6, 6.07) is 6.39. The Morgan fingerprint density at radius 3 is 2.50 bits per heavy atom. The molecule has 8 heteroatoms. The lowest BCUT2D eigenvalue weighted by Crippen LogP contribution is -2.46. The highest BCUT2D eigenvalue weighted by molar-refractivity contribution is 6.30. The first-order valence-electron chi connectivity index (χ1n) is 6.60. The molecule has 1 heterocycles. The molecule has 2 aromatic rings. The van der Waals surface area contributed by atoms with Gasteiger partial charge in [-0.2, -0.15) is 5.10 Å². The van der Waals surface area contributed by atoms with Crippen LogP contribution in [-0.4, -0.2) is 45.9 Å². The van der Waals surface area contributed by atoms with Gasteiger partial charge in [-0.3, -0.25) is 13.5 Å². The van der Waals surface area contributed by atoms with E-state index in [9.17, 15) is 13.9 Å². The molecule has 0 saturated heterocycles. The lowest BCUT2D eigenvalue weighted by Gasteiger charge is -2.32. The molecule has 1 aromatic carbocycles. The van der Waals surface area contributed by atoms with E-state index in [-0.39, 0.29) is 13.2 Å². The normalized spacial score (nSPS) is 13.1. The topological polar surface area (TPSA) is 60.2 Å². The second-order valence-corrected chi connectivity index (χ2v) is 5.44. The van der Waals surface area contributed by atoms with Crippen LogP contribution in [0.1, 0.15) is 0 Å². The van der Waals surface area contributed by atoms with Crippen LogP contribution in [0.2, 0.25) is 5.02 Å². The molecular formula is C14H16ClF2N3O2. The molecule has 0 aliphatic heterocycles. The molecule has 0 saturated carbocycles. The Labute approximate surface area is 131 Å². The molecule has 0 amide bonds. The number of aliphatic hydroxyl groups is 1. The molecule has 0 fully saturated rings. The van der Waals surface area contributed by atoms with Gasteiger partial charge in [0.15, 0.2) is 0 Å². The van der Waals surface area contributed by atoms with Gasteiger partial charge in [-0.15, -0.1) is 0 Å². The summed E-state index contributed by atoms with van der Waals surface area (Å²) in [6.07, 6.45) is 1.34. The summed E-state index contributed by atoms with van der Waals surface area (Å²) in [4.78, 5) is 3.72. The van der Waals surface area contributed by atoms with Crippen LogP contribution in [0.3, 0.4) is 0 Å². The van der Waals surface area contributed by atoms with Crippen LogP contribution >= 0.6 is 11.6 Å². The van der Waals surface area contributed by atoms with Crippen molar-refractivity contribution in [2.75, 3.05) is 20.0 Å². The van der Waals surface area contributed by atoms with Gasteiger partial charge in [0.25, 0.3) is 0 Å². The van der Waals surface area contributed by atoms with E-state index in [1.54, 1.807) is 24.3 Å². The van der Waals surface area contributed by atoms with Gasteiger partial charge in [0.2, 0.25) is 0 Å². The number of hydrogen-bond acceptors (Lipinski definition) is 4. The third-order valence-corrected chi connectivity index (χ3v) is 3.66. The quantitative estimate of drug-likeness (QED) is 0.806. The SMILES string of the molecule is OC(Cn1cncn1)C(CF)(CF)COc1ccc(Cl)cc1. The minimum absolute atomic E-state index is 0.0716. The molecule has 0 bridgehead atoms. The van der Waals surface area contributed by atoms with Crippen molar-refractivity contribution < 1.29 is 18.6 Å². The van der Waals surface area contributed by atoms with Crippen molar-refractivity contribution in [2.24, 2.45) is 5.41 Å². The average Bonchev–Trinajstić information content (AvgIpc) is 3.03. The molecule has 0 aliphatic rings. The molecule has 120 valence electrons. The summed E-state index contributed by atoms with van der Waals surface area (Å²) in [5, 5.41) is 14.5. The Balaban J connectivity index is 2.04. The predicted octanol–water partition coefficient (Wildman–Crippen LogP) is 2.30. The molecule has 0 aliphatic carbocycles. The Bertz CT molecular complexity index is 562. The second-order valence-electron chi connectivity index (χ2n) is 5.01. The molecule has 0 spiro atoms. The highest BCUT2D eigenvalue weighted by Gasteiger charge is 2.40. The first kappa shape index (κ1) is 16.6. The number of alkyl halides is 2. The molecule has 5 nitrogen and oxygen atoms in total. The first-order chi connectivity index (χ1) is 10.6. The van der Waals surface area contributed by atoms with Crippen LogP contribution in [0.5, 0.6) is 5.75 Å². The van der Waals surface area contributed by atoms with Gasteiger partial charge in [-0.05, 0) is 24.3 Å². The van der Waals surface area contributed by atoms with Crippen molar-refractivity contribution in [1.29, 1.82) is 0 Å². The summed E-state index contributed by atoms with van der Waals surface area (Å²) in [5.41, 5.74) is -1.66. The Morgan fingerprint density at radius 2 is 1.95 bits per heavy atom. The minimum atomic E-state index is -1.66. The Morgan fingerprint density at radius 1 is 1.27 bits per heavy atom. The molecule has 1 N–H and O–H groups in total. The van der Waals surface area contributed by atoms with Crippen molar-refractivity contribution >= 4 is 11.6 Å². The van der Waals surface area contributed by atoms with Crippen molar-refractivity contribution in [3.63, 3.8) is 0 Å². The Hall–Kier alpha value is -1.73. The number of aromatic nitrogens is 3. The summed E-state index contributed by atoms with van der Waals surface area (Å²) in [6.45, 7) is -2.50. The minimum Gasteiger partial charge on any atom is -0.493 e. The summed E-state index contributed by atoms with van der Waals surface area (Å²) in [5.74, 6) is 0.420. The molecule has 2 rings (SSSR count). The van der Waals surface area contributed by atoms with Gasteiger partial charge in [0.05, 0.1) is 18.1 Å². The lowest BCUT2D eigenvalue weighted by molar-refractivity contribution is -0.0506. The monoisotopic (exact) mass is 331 g/mol. The smallest absolute Gasteiger partial charge is 0.137 e. The molecule has 1 atom stereocenters. The average molecular weight is 332 g/mol. The van der Waals surface area contributed by atoms with E-state index in [4.69, 9.17) is 16.3 Å². The maximum absolute atomic E-state index is 13.4. The highest BCUT2D eigenvalue weighted by Crippen LogP contribution is 2.27. The number of halogens is 3. The maximum Gasteiger partial charge on any atom is 0.137 e. The van der Waals surface area contributed by atoms with Gasteiger partial charge in [0.1, 0.15) is 38.4 Å². The molecule has 1 aromatic heterocycles. The van der Waals surface area contributed by atoms with Crippen LogP contribution in [0, 0.1) is 5.41 Å².